The zero-order chi connectivity index (χ0) is 35.2. The van der Waals surface area contributed by atoms with Crippen LogP contribution >= 0.6 is 0 Å². The minimum atomic E-state index is -0.264. The molecule has 0 spiro atoms. The van der Waals surface area contributed by atoms with E-state index < -0.39 is 0 Å². The third kappa shape index (κ3) is 6.35. The normalized spacial score (nSPS) is 20.5. The van der Waals surface area contributed by atoms with Crippen molar-refractivity contribution in [3.8, 4) is 0 Å². The highest BCUT2D eigenvalue weighted by Crippen LogP contribution is 2.33. The summed E-state index contributed by atoms with van der Waals surface area (Å²) in [6, 6.07) is 12.7. The van der Waals surface area contributed by atoms with Crippen LogP contribution in [0.3, 0.4) is 0 Å². The van der Waals surface area contributed by atoms with Crippen LogP contribution in [0.2, 0.25) is 0 Å². The molecule has 1 unspecified atom stereocenters. The van der Waals surface area contributed by atoms with E-state index in [9.17, 15) is 19.2 Å². The van der Waals surface area contributed by atoms with Gasteiger partial charge in [-0.15, -0.1) is 0 Å². The second kappa shape index (κ2) is 13.5. The van der Waals surface area contributed by atoms with Gasteiger partial charge in [-0.1, -0.05) is 25.0 Å². The van der Waals surface area contributed by atoms with Gasteiger partial charge in [-0.2, -0.15) is 4.98 Å². The van der Waals surface area contributed by atoms with E-state index in [1.54, 1.807) is 17.7 Å². The lowest BCUT2D eigenvalue weighted by Crippen LogP contribution is -2.63. The number of aromatic nitrogens is 4. The van der Waals surface area contributed by atoms with Gasteiger partial charge >= 0.3 is 0 Å². The number of nitrogens with zero attached hydrogens (tertiary/aromatic N) is 7. The molecule has 0 radical (unpaired) electrons. The smallest absolute Gasteiger partial charge is 0.263 e. The Morgan fingerprint density at radius 2 is 1.57 bits per heavy atom. The summed E-state index contributed by atoms with van der Waals surface area (Å²) in [5.74, 6) is 0.0946. The van der Waals surface area contributed by atoms with E-state index in [0.717, 1.165) is 87.3 Å². The third-order valence-electron chi connectivity index (χ3n) is 11.2. The molecule has 4 aliphatic rings. The fraction of sp³-hybridized carbons (Fsp3) is 0.447. The van der Waals surface area contributed by atoms with Crippen LogP contribution in [-0.2, 0) is 9.59 Å². The van der Waals surface area contributed by atoms with E-state index in [0.29, 0.717) is 41.9 Å². The first-order valence-electron chi connectivity index (χ1n) is 18.1. The predicted octanol–water partition coefficient (Wildman–Crippen LogP) is 4.09. The number of hydrogen-bond donors (Lipinski definition) is 2. The maximum atomic E-state index is 13.5. The number of Topliss-reactive ketones (excluding diaryl/α,β-unsaturated/α-hetero) is 1. The summed E-state index contributed by atoms with van der Waals surface area (Å²) in [6.45, 7) is 9.01. The lowest BCUT2D eigenvalue weighted by atomic mass is 9.90. The largest absolute Gasteiger partial charge is 0.369 e. The van der Waals surface area contributed by atoms with Gasteiger partial charge in [0.05, 0.1) is 23.4 Å². The highest BCUT2D eigenvalue weighted by Gasteiger charge is 2.34. The quantitative estimate of drug-likeness (QED) is 0.204. The standard InChI is InChI=1S/C38H43N9O4/c1-23-31-20-40-38(43-35(31)47(27-5-3-4-6-27)37(51)34(23)24(2)48)41-32-13-11-28(19-39-32)46-21-29(22-46)45-17-15-44(16-18-45)26-9-7-25(8-10-26)30-12-14-33(49)42-36(30)50/h7-11,13,19-20,27,29-30H,3-6,12,14-18,21-22H2,1-2H3,(H,42,49,50)(H,39,40,41,43). The second-order valence-corrected chi connectivity index (χ2v) is 14.3. The first-order valence-corrected chi connectivity index (χ1v) is 18.1. The fourth-order valence-corrected chi connectivity index (χ4v) is 8.24. The fourth-order valence-electron chi connectivity index (χ4n) is 8.24. The van der Waals surface area contributed by atoms with Crippen molar-refractivity contribution in [3.63, 3.8) is 0 Å². The van der Waals surface area contributed by atoms with Crippen molar-refractivity contribution in [1.29, 1.82) is 0 Å². The molecule has 1 atom stereocenters. The van der Waals surface area contributed by atoms with E-state index in [2.05, 4.69) is 53.5 Å². The predicted molar refractivity (Wildman–Crippen MR) is 195 cm³/mol. The number of aryl methyl sites for hydroxylation is 1. The van der Waals surface area contributed by atoms with Gasteiger partial charge in [0.15, 0.2) is 5.78 Å². The summed E-state index contributed by atoms with van der Waals surface area (Å²) in [7, 11) is 0. The van der Waals surface area contributed by atoms with Crippen LogP contribution < -0.4 is 26.0 Å². The lowest BCUT2D eigenvalue weighted by molar-refractivity contribution is -0.134. The number of anilines is 4. The Bertz CT molecular complexity index is 2040. The molecule has 1 aromatic carbocycles. The van der Waals surface area contributed by atoms with Crippen molar-refractivity contribution < 1.29 is 14.4 Å². The number of fused-ring (bicyclic) bond motifs is 1. The minimum Gasteiger partial charge on any atom is -0.369 e. The molecule has 3 aliphatic heterocycles. The number of hydrogen-bond acceptors (Lipinski definition) is 11. The molecule has 2 N–H and O–H groups in total. The number of nitrogens with one attached hydrogen (secondary N) is 2. The lowest BCUT2D eigenvalue weighted by Gasteiger charge is -2.49. The van der Waals surface area contributed by atoms with Gasteiger partial charge in [0.25, 0.3) is 5.56 Å². The van der Waals surface area contributed by atoms with Crippen LogP contribution in [0.25, 0.3) is 11.0 Å². The highest BCUT2D eigenvalue weighted by molar-refractivity contribution is 6.01. The van der Waals surface area contributed by atoms with Crippen LogP contribution in [0.1, 0.15) is 78.9 Å². The topological polar surface area (TPSA) is 146 Å². The molecule has 6 heterocycles. The van der Waals surface area contributed by atoms with E-state index >= 15 is 0 Å². The number of benzene rings is 1. The van der Waals surface area contributed by atoms with Crippen molar-refractivity contribution in [1.82, 2.24) is 29.7 Å². The molecule has 264 valence electrons. The maximum absolute atomic E-state index is 13.5. The molecule has 3 aromatic heterocycles. The zero-order valence-electron chi connectivity index (χ0n) is 29.1. The minimum absolute atomic E-state index is 0.0222. The van der Waals surface area contributed by atoms with Crippen LogP contribution in [0.5, 0.6) is 0 Å². The Hall–Kier alpha value is -5.17. The molecule has 13 nitrogen and oxygen atoms in total. The van der Waals surface area contributed by atoms with Crippen molar-refractivity contribution in [2.75, 3.05) is 54.4 Å². The Morgan fingerprint density at radius 1 is 0.843 bits per heavy atom. The van der Waals surface area contributed by atoms with Crippen LogP contribution in [0, 0.1) is 6.92 Å². The molecule has 1 saturated carbocycles. The molecular formula is C38H43N9O4. The number of amides is 2. The number of piperidine rings is 1. The van der Waals surface area contributed by atoms with Crippen LogP contribution in [0.15, 0.2) is 53.6 Å². The van der Waals surface area contributed by atoms with Gasteiger partial charge in [0.1, 0.15) is 11.5 Å². The molecule has 2 amide bonds. The molecule has 13 heteroatoms. The zero-order valence-corrected chi connectivity index (χ0v) is 29.1. The number of piperazine rings is 1. The van der Waals surface area contributed by atoms with Crippen molar-refractivity contribution in [3.05, 3.63) is 75.8 Å². The molecule has 8 rings (SSSR count). The average Bonchev–Trinajstić information content (AvgIpc) is 3.63. The van der Waals surface area contributed by atoms with Gasteiger partial charge in [-0.25, -0.2) is 9.97 Å². The number of carbonyl (C=O) groups excluding carboxylic acids is 3. The van der Waals surface area contributed by atoms with Crippen LogP contribution in [0.4, 0.5) is 23.1 Å². The van der Waals surface area contributed by atoms with Gasteiger partial charge in [-0.3, -0.25) is 34.0 Å². The summed E-state index contributed by atoms with van der Waals surface area (Å²) < 4.78 is 1.72. The first kappa shape index (κ1) is 33.0. The summed E-state index contributed by atoms with van der Waals surface area (Å²) in [6.07, 6.45) is 8.40. The summed E-state index contributed by atoms with van der Waals surface area (Å²) >= 11 is 0. The van der Waals surface area contributed by atoms with Gasteiger partial charge < -0.3 is 15.1 Å². The molecule has 4 fully saturated rings. The van der Waals surface area contributed by atoms with Crippen molar-refractivity contribution in [2.24, 2.45) is 0 Å². The Morgan fingerprint density at radius 3 is 2.24 bits per heavy atom. The number of imide groups is 1. The Kier molecular flexibility index (Phi) is 8.74. The van der Waals surface area contributed by atoms with Gasteiger partial charge in [0.2, 0.25) is 17.8 Å². The maximum Gasteiger partial charge on any atom is 0.263 e. The molecule has 51 heavy (non-hydrogen) atoms. The van der Waals surface area contributed by atoms with E-state index in [4.69, 9.17) is 4.98 Å². The molecule has 3 saturated heterocycles. The van der Waals surface area contributed by atoms with Gasteiger partial charge in [0, 0.05) is 75.0 Å². The van der Waals surface area contributed by atoms with Crippen LogP contribution in [-0.4, -0.2) is 87.3 Å². The number of pyridine rings is 2. The SMILES string of the molecule is CC(=O)c1c(C)c2cnc(Nc3ccc(N4CC(N5CCN(c6ccc(C7CCC(=O)NC7=O)cc6)CC5)C4)cn3)nc2n(C2CCCC2)c1=O. The molecule has 4 aromatic rings. The summed E-state index contributed by atoms with van der Waals surface area (Å²) in [5, 5.41) is 6.39. The summed E-state index contributed by atoms with van der Waals surface area (Å²) in [4.78, 5) is 71.0. The molecule has 0 bridgehead atoms. The second-order valence-electron chi connectivity index (χ2n) is 14.3. The number of rotatable bonds is 8. The average molecular weight is 690 g/mol. The third-order valence-corrected chi connectivity index (χ3v) is 11.2. The Balaban J connectivity index is 0.865. The van der Waals surface area contributed by atoms with Crippen molar-refractivity contribution >= 4 is 51.8 Å². The molecule has 1 aliphatic carbocycles. The highest BCUT2D eigenvalue weighted by atomic mass is 16.2. The molecular weight excluding hydrogens is 646 g/mol. The van der Waals surface area contributed by atoms with Gasteiger partial charge in [-0.05, 0) is 68.5 Å². The van der Waals surface area contributed by atoms with Crippen molar-refractivity contribution in [2.45, 2.75) is 70.4 Å². The number of ketones is 1. The van der Waals surface area contributed by atoms with E-state index in [1.807, 2.05) is 24.4 Å². The number of carbonyl (C=O) groups is 3. The summed E-state index contributed by atoms with van der Waals surface area (Å²) in [5.41, 5.74) is 4.33. The van der Waals surface area contributed by atoms with E-state index in [-0.39, 0.29) is 40.7 Å². The Labute approximate surface area is 296 Å². The monoisotopic (exact) mass is 689 g/mol. The van der Waals surface area contributed by atoms with E-state index in [1.165, 1.54) is 6.92 Å². The first-order chi connectivity index (χ1) is 24.7.